The number of carbonyl (C=O) groups is 2. The van der Waals surface area contributed by atoms with Crippen LogP contribution in [-0.2, 0) is 9.59 Å². The molecule has 0 aliphatic heterocycles. The number of hydrogen-bond acceptors (Lipinski definition) is 4. The molecular weight excluding hydrogens is 1050 g/mol. The largest absolute Gasteiger partial charge is 0.353 e. The Bertz CT molecular complexity index is 3580. The lowest BCUT2D eigenvalue weighted by Gasteiger charge is -2.30. The minimum absolute atomic E-state index is 0.266. The number of anilines is 4. The standard InChI is InChI=1S/2C37H42N2O.C6H6/c2*1-22(2)27-15-11-16-28(23(3)4)34(27)38-35-31-19-9-13-26-14-10-20-32(33(26)31)37(35)39(21-40)36-29(24(5)6)17-12-18-30(36)25(7)8;1-2-4-6-5-3-1/h2*9-25,38H,1-8H3;1-6H. The number of benzene rings is 9. The van der Waals surface area contributed by atoms with Gasteiger partial charge >= 0.3 is 0 Å². The van der Waals surface area contributed by atoms with E-state index in [9.17, 15) is 9.59 Å². The van der Waals surface area contributed by atoms with E-state index in [2.05, 4.69) is 267 Å². The topological polar surface area (TPSA) is 64.7 Å². The Hall–Kier alpha value is -8.48. The summed E-state index contributed by atoms with van der Waals surface area (Å²) in [7, 11) is 0. The molecule has 2 amide bonds. The van der Waals surface area contributed by atoms with E-state index < -0.39 is 0 Å². The highest BCUT2D eigenvalue weighted by atomic mass is 16.1. The van der Waals surface area contributed by atoms with Crippen LogP contribution in [0.2, 0.25) is 0 Å². The Labute approximate surface area is 514 Å². The highest BCUT2D eigenvalue weighted by Gasteiger charge is 2.35. The van der Waals surface area contributed by atoms with Crippen LogP contribution in [0.4, 0.5) is 22.7 Å². The molecule has 2 aliphatic carbocycles. The smallest absolute Gasteiger partial charge is 0.218 e. The summed E-state index contributed by atoms with van der Waals surface area (Å²) < 4.78 is 0. The molecular formula is C80H90N4O2. The van der Waals surface area contributed by atoms with Crippen molar-refractivity contribution in [3.63, 3.8) is 0 Å². The Morgan fingerprint density at radius 1 is 0.279 bits per heavy atom. The van der Waals surface area contributed by atoms with Crippen LogP contribution in [0.15, 0.2) is 182 Å². The maximum atomic E-state index is 13.3. The van der Waals surface area contributed by atoms with Gasteiger partial charge in [0.1, 0.15) is 0 Å². The molecule has 0 saturated carbocycles. The van der Waals surface area contributed by atoms with Crippen LogP contribution in [-0.4, -0.2) is 12.8 Å². The van der Waals surface area contributed by atoms with Crippen molar-refractivity contribution in [3.05, 3.63) is 249 Å². The van der Waals surface area contributed by atoms with Crippen LogP contribution in [0.1, 0.15) is 225 Å². The summed E-state index contributed by atoms with van der Waals surface area (Å²) >= 11 is 0. The van der Waals surface area contributed by atoms with Crippen molar-refractivity contribution in [1.29, 1.82) is 0 Å². The summed E-state index contributed by atoms with van der Waals surface area (Å²) in [5.74, 6) is 2.46. The lowest BCUT2D eigenvalue weighted by atomic mass is 9.91. The fraction of sp³-hybridized carbons (Fsp3) is 0.300. The van der Waals surface area contributed by atoms with Gasteiger partial charge in [-0.15, -0.1) is 0 Å². The first-order valence-corrected chi connectivity index (χ1v) is 31.4. The highest BCUT2D eigenvalue weighted by Crippen LogP contribution is 2.51. The van der Waals surface area contributed by atoms with Crippen molar-refractivity contribution in [2.45, 2.75) is 158 Å². The van der Waals surface area contributed by atoms with E-state index in [1.165, 1.54) is 66.1 Å². The second-order valence-electron chi connectivity index (χ2n) is 25.7. The molecule has 0 spiro atoms. The van der Waals surface area contributed by atoms with Crippen molar-refractivity contribution in [3.8, 4) is 0 Å². The molecule has 442 valence electrons. The summed E-state index contributed by atoms with van der Waals surface area (Å²) in [6, 6.07) is 64.0. The molecule has 0 saturated heterocycles. The van der Waals surface area contributed by atoms with Gasteiger partial charge in [-0.1, -0.05) is 293 Å². The predicted molar refractivity (Wildman–Crippen MR) is 371 cm³/mol. The molecule has 0 unspecified atom stereocenters. The van der Waals surface area contributed by atoms with Gasteiger partial charge in [-0.2, -0.15) is 0 Å². The molecule has 0 heterocycles. The fourth-order valence-electron chi connectivity index (χ4n) is 12.8. The van der Waals surface area contributed by atoms with Gasteiger partial charge in [0.05, 0.1) is 34.2 Å². The van der Waals surface area contributed by atoms with Crippen LogP contribution >= 0.6 is 0 Å². The van der Waals surface area contributed by atoms with E-state index in [1.54, 1.807) is 0 Å². The summed E-state index contributed by atoms with van der Waals surface area (Å²) in [6.45, 7) is 35.6. The van der Waals surface area contributed by atoms with Crippen LogP contribution in [0.25, 0.3) is 44.3 Å². The van der Waals surface area contributed by atoms with Crippen LogP contribution in [0, 0.1) is 0 Å². The van der Waals surface area contributed by atoms with E-state index >= 15 is 0 Å². The summed E-state index contributed by atoms with van der Waals surface area (Å²) in [5, 5.41) is 12.7. The van der Waals surface area contributed by atoms with Crippen LogP contribution in [0.5, 0.6) is 0 Å². The fourth-order valence-corrected chi connectivity index (χ4v) is 12.8. The minimum Gasteiger partial charge on any atom is -0.353 e. The van der Waals surface area contributed by atoms with E-state index in [0.29, 0.717) is 23.7 Å². The third kappa shape index (κ3) is 12.2. The van der Waals surface area contributed by atoms with E-state index in [4.69, 9.17) is 0 Å². The van der Waals surface area contributed by atoms with Gasteiger partial charge in [0.15, 0.2) is 0 Å². The first-order chi connectivity index (χ1) is 41.3. The quantitative estimate of drug-likeness (QED) is 0.0841. The van der Waals surface area contributed by atoms with Crippen molar-refractivity contribution in [2.75, 3.05) is 20.4 Å². The molecule has 6 nitrogen and oxygen atoms in total. The zero-order valence-corrected chi connectivity index (χ0v) is 53.8. The maximum Gasteiger partial charge on any atom is 0.218 e. The van der Waals surface area contributed by atoms with Crippen molar-refractivity contribution in [1.82, 2.24) is 0 Å². The number of nitrogens with zero attached hydrogens (tertiary/aromatic N) is 2. The third-order valence-corrected chi connectivity index (χ3v) is 17.1. The Balaban J connectivity index is 0.000000187. The zero-order valence-electron chi connectivity index (χ0n) is 53.8. The lowest BCUT2D eigenvalue weighted by molar-refractivity contribution is -0.107. The van der Waals surface area contributed by atoms with Gasteiger partial charge in [-0.3, -0.25) is 19.4 Å². The minimum atomic E-state index is 0.266. The highest BCUT2D eigenvalue weighted by molar-refractivity contribution is 6.23. The predicted octanol–water partition coefficient (Wildman–Crippen LogP) is 22.2. The Morgan fingerprint density at radius 3 is 0.733 bits per heavy atom. The van der Waals surface area contributed by atoms with Crippen LogP contribution < -0.4 is 20.4 Å². The molecule has 86 heavy (non-hydrogen) atoms. The van der Waals surface area contributed by atoms with Gasteiger partial charge in [-0.25, -0.2) is 0 Å². The SMILES string of the molecule is CC(C)c1cccc(C(C)C)c1NC1=C(N(C=O)c2c(C(C)C)cccc2C(C)C)c2cccc3cccc1c23.CC(C)c1cccc(C(C)C)c1NC1=C(N(C=O)c2c(C(C)C)cccc2C(C)C)c2cccc3cccc1c23.c1ccccc1. The summed E-state index contributed by atoms with van der Waals surface area (Å²) in [5.41, 5.74) is 22.4. The molecule has 2 aliphatic rings. The number of carbonyl (C=O) groups excluding carboxylic acids is 2. The van der Waals surface area contributed by atoms with Gasteiger partial charge < -0.3 is 10.6 Å². The van der Waals surface area contributed by atoms with Gasteiger partial charge in [-0.05, 0) is 103 Å². The molecule has 0 aromatic heterocycles. The first-order valence-electron chi connectivity index (χ1n) is 31.4. The summed E-state index contributed by atoms with van der Waals surface area (Å²) in [4.78, 5) is 30.5. The molecule has 0 radical (unpaired) electrons. The van der Waals surface area contributed by atoms with Crippen molar-refractivity contribution >= 4 is 79.9 Å². The monoisotopic (exact) mass is 1140 g/mol. The number of para-hydroxylation sites is 4. The maximum absolute atomic E-state index is 13.3. The average molecular weight is 1140 g/mol. The van der Waals surface area contributed by atoms with E-state index in [1.807, 2.05) is 46.2 Å². The van der Waals surface area contributed by atoms with E-state index in [0.717, 1.165) is 80.6 Å². The summed E-state index contributed by atoms with van der Waals surface area (Å²) in [6.07, 6.45) is 2.04. The number of hydrogen-bond donors (Lipinski definition) is 2. The molecule has 0 atom stereocenters. The zero-order chi connectivity index (χ0) is 61.7. The molecule has 0 bridgehead atoms. The van der Waals surface area contributed by atoms with Crippen molar-refractivity contribution < 1.29 is 9.59 Å². The van der Waals surface area contributed by atoms with E-state index in [-0.39, 0.29) is 23.7 Å². The molecule has 0 fully saturated rings. The molecule has 6 heteroatoms. The lowest BCUT2D eigenvalue weighted by Crippen LogP contribution is -2.24. The second kappa shape index (κ2) is 26.8. The van der Waals surface area contributed by atoms with Crippen molar-refractivity contribution in [2.24, 2.45) is 0 Å². The number of amides is 2. The Morgan fingerprint density at radius 2 is 0.500 bits per heavy atom. The second-order valence-corrected chi connectivity index (χ2v) is 25.7. The Kier molecular flexibility index (Phi) is 19.4. The third-order valence-electron chi connectivity index (χ3n) is 17.1. The molecule has 9 aromatic rings. The molecule has 2 N–H and O–H groups in total. The van der Waals surface area contributed by atoms with Crippen LogP contribution in [0.3, 0.4) is 0 Å². The normalized spacial score (nSPS) is 12.6. The van der Waals surface area contributed by atoms with Gasteiger partial charge in [0, 0.05) is 44.4 Å². The molecule has 11 rings (SSSR count). The average Bonchev–Trinajstić information content (AvgIpc) is 2.13. The first kappa shape index (κ1) is 62.1. The van der Waals surface area contributed by atoms with Gasteiger partial charge in [0.2, 0.25) is 12.8 Å². The van der Waals surface area contributed by atoms with Gasteiger partial charge in [0.25, 0.3) is 0 Å². The number of rotatable bonds is 18. The molecule has 9 aromatic carbocycles. The number of nitrogens with one attached hydrogen (secondary N) is 2.